The van der Waals surface area contributed by atoms with E-state index in [0.717, 1.165) is 16.5 Å². The van der Waals surface area contributed by atoms with Crippen LogP contribution in [0.2, 0.25) is 0 Å². The molecule has 0 N–H and O–H groups in total. The largest absolute Gasteiger partial charge is 0.313 e. The van der Waals surface area contributed by atoms with Crippen molar-refractivity contribution in [3.63, 3.8) is 0 Å². The quantitative estimate of drug-likeness (QED) is 0.783. The first-order valence-electron chi connectivity index (χ1n) is 4.20. The molecule has 0 fully saturated rings. The number of nitrogens with zero attached hydrogens (tertiary/aromatic N) is 1. The minimum Gasteiger partial charge on any atom is -0.313 e. The van der Waals surface area contributed by atoms with Gasteiger partial charge in [0.05, 0.1) is 4.47 Å². The van der Waals surface area contributed by atoms with Crippen molar-refractivity contribution in [1.29, 1.82) is 0 Å². The molecule has 1 aromatic rings. The topological polar surface area (TPSA) is 22.0 Å². The first kappa shape index (κ1) is 11.7. The van der Waals surface area contributed by atoms with Crippen LogP contribution in [0.15, 0.2) is 38.2 Å². The zero-order chi connectivity index (χ0) is 10.7. The summed E-state index contributed by atoms with van der Waals surface area (Å²) in [6.45, 7) is 6.44. The van der Waals surface area contributed by atoms with Crippen molar-refractivity contribution < 1.29 is 0 Å². The fourth-order valence-electron chi connectivity index (χ4n) is 1.04. The summed E-state index contributed by atoms with van der Waals surface area (Å²) in [6, 6.07) is 1.75. The Balaban J connectivity index is 2.97. The second-order valence-electron chi connectivity index (χ2n) is 3.21. The summed E-state index contributed by atoms with van der Waals surface area (Å²) in [5.74, 6) is 0. The minimum absolute atomic E-state index is 0.00514. The molecule has 0 saturated carbocycles. The van der Waals surface area contributed by atoms with E-state index in [4.69, 9.17) is 0 Å². The molecule has 0 aliphatic carbocycles. The van der Waals surface area contributed by atoms with E-state index >= 15 is 0 Å². The van der Waals surface area contributed by atoms with Crippen LogP contribution in [0, 0.1) is 0 Å². The van der Waals surface area contributed by atoms with Crippen LogP contribution in [0.5, 0.6) is 0 Å². The van der Waals surface area contributed by atoms with Crippen LogP contribution in [-0.4, -0.2) is 4.57 Å². The lowest BCUT2D eigenvalue weighted by Crippen LogP contribution is -2.20. The lowest BCUT2D eigenvalue weighted by Gasteiger charge is -2.06. The van der Waals surface area contributed by atoms with E-state index in [1.54, 1.807) is 16.8 Å². The third-order valence-electron chi connectivity index (χ3n) is 1.79. The van der Waals surface area contributed by atoms with Crippen LogP contribution in [0.3, 0.4) is 0 Å². The fourth-order valence-corrected chi connectivity index (χ4v) is 2.30. The van der Waals surface area contributed by atoms with Crippen molar-refractivity contribution in [2.24, 2.45) is 0 Å². The molecule has 0 aromatic carbocycles. The molecule has 4 heteroatoms. The van der Waals surface area contributed by atoms with Crippen LogP contribution in [0.1, 0.15) is 13.3 Å². The average molecular weight is 321 g/mol. The molecule has 0 radical (unpaired) electrons. The maximum absolute atomic E-state index is 11.6. The van der Waals surface area contributed by atoms with Gasteiger partial charge in [-0.3, -0.25) is 4.79 Å². The van der Waals surface area contributed by atoms with Crippen molar-refractivity contribution in [1.82, 2.24) is 4.57 Å². The standard InChI is InChI=1S/C10H11Br2NO/c1-7(2)3-4-13-6-8(11)5-9(12)10(13)14/h5-6H,1,3-4H2,2H3. The summed E-state index contributed by atoms with van der Waals surface area (Å²) in [4.78, 5) is 11.6. The van der Waals surface area contributed by atoms with Crippen molar-refractivity contribution >= 4 is 31.9 Å². The fraction of sp³-hybridized carbons (Fsp3) is 0.300. The summed E-state index contributed by atoms with van der Waals surface area (Å²) in [7, 11) is 0. The van der Waals surface area contributed by atoms with E-state index in [-0.39, 0.29) is 5.56 Å². The molecule has 0 spiro atoms. The van der Waals surface area contributed by atoms with Gasteiger partial charge in [0.2, 0.25) is 0 Å². The highest BCUT2D eigenvalue weighted by Gasteiger charge is 2.02. The molecule has 0 atom stereocenters. The van der Waals surface area contributed by atoms with E-state index in [2.05, 4.69) is 38.4 Å². The molecule has 14 heavy (non-hydrogen) atoms. The molecule has 0 saturated heterocycles. The highest BCUT2D eigenvalue weighted by Crippen LogP contribution is 2.13. The van der Waals surface area contributed by atoms with Gasteiger partial charge in [0.1, 0.15) is 0 Å². The molecular formula is C10H11Br2NO. The summed E-state index contributed by atoms with van der Waals surface area (Å²) < 4.78 is 3.14. The Kier molecular flexibility index (Phi) is 4.13. The average Bonchev–Trinajstić information content (AvgIpc) is 2.08. The van der Waals surface area contributed by atoms with E-state index in [1.165, 1.54) is 0 Å². The summed E-state index contributed by atoms with van der Waals surface area (Å²) in [5.41, 5.74) is 1.07. The Hall–Kier alpha value is -0.350. The Morgan fingerprint density at radius 2 is 2.21 bits per heavy atom. The van der Waals surface area contributed by atoms with Crippen molar-refractivity contribution in [3.05, 3.63) is 43.7 Å². The van der Waals surface area contributed by atoms with Crippen LogP contribution < -0.4 is 5.56 Å². The zero-order valence-corrected chi connectivity index (χ0v) is 11.1. The molecule has 0 aliphatic rings. The van der Waals surface area contributed by atoms with Gasteiger partial charge in [0.25, 0.3) is 5.56 Å². The first-order chi connectivity index (χ1) is 6.50. The van der Waals surface area contributed by atoms with Gasteiger partial charge < -0.3 is 4.57 Å². The summed E-state index contributed by atoms with van der Waals surface area (Å²) >= 11 is 6.56. The van der Waals surface area contributed by atoms with Crippen molar-refractivity contribution in [2.45, 2.75) is 19.9 Å². The number of rotatable bonds is 3. The monoisotopic (exact) mass is 319 g/mol. The second-order valence-corrected chi connectivity index (χ2v) is 4.98. The summed E-state index contributed by atoms with van der Waals surface area (Å²) in [5, 5.41) is 0. The molecule has 1 aromatic heterocycles. The van der Waals surface area contributed by atoms with Gasteiger partial charge in [-0.25, -0.2) is 0 Å². The van der Waals surface area contributed by atoms with Crippen LogP contribution in [0.4, 0.5) is 0 Å². The molecule has 1 rings (SSSR count). The predicted molar refractivity (Wildman–Crippen MR) is 65.5 cm³/mol. The highest BCUT2D eigenvalue weighted by atomic mass is 79.9. The first-order valence-corrected chi connectivity index (χ1v) is 5.79. The van der Waals surface area contributed by atoms with Crippen molar-refractivity contribution in [3.8, 4) is 0 Å². The van der Waals surface area contributed by atoms with Gasteiger partial charge in [-0.05, 0) is 51.3 Å². The third-order valence-corrected chi connectivity index (χ3v) is 2.79. The maximum Gasteiger partial charge on any atom is 0.264 e. The second kappa shape index (κ2) is 4.94. The Morgan fingerprint density at radius 3 is 2.79 bits per heavy atom. The highest BCUT2D eigenvalue weighted by molar-refractivity contribution is 9.11. The maximum atomic E-state index is 11.6. The molecule has 0 amide bonds. The lowest BCUT2D eigenvalue weighted by atomic mass is 10.2. The van der Waals surface area contributed by atoms with Crippen LogP contribution in [-0.2, 0) is 6.54 Å². The van der Waals surface area contributed by atoms with Crippen LogP contribution in [0.25, 0.3) is 0 Å². The predicted octanol–water partition coefficient (Wildman–Crippen LogP) is 3.34. The Bertz CT molecular complexity index is 409. The Morgan fingerprint density at radius 1 is 1.57 bits per heavy atom. The van der Waals surface area contributed by atoms with E-state index in [0.29, 0.717) is 11.0 Å². The number of hydrogen-bond donors (Lipinski definition) is 0. The van der Waals surface area contributed by atoms with Gasteiger partial charge >= 0.3 is 0 Å². The normalized spacial score (nSPS) is 10.2. The minimum atomic E-state index is -0.00514. The molecule has 76 valence electrons. The number of halogens is 2. The number of hydrogen-bond acceptors (Lipinski definition) is 1. The van der Waals surface area contributed by atoms with Gasteiger partial charge in [-0.2, -0.15) is 0 Å². The SMILES string of the molecule is C=C(C)CCn1cc(Br)cc(Br)c1=O. The number of pyridine rings is 1. The number of aryl methyl sites for hydroxylation is 1. The molecule has 0 unspecified atom stereocenters. The van der Waals surface area contributed by atoms with Crippen LogP contribution >= 0.6 is 31.9 Å². The van der Waals surface area contributed by atoms with Gasteiger partial charge in [0.15, 0.2) is 0 Å². The number of allylic oxidation sites excluding steroid dienone is 1. The van der Waals surface area contributed by atoms with Gasteiger partial charge in [-0.15, -0.1) is 6.58 Å². The number of aromatic nitrogens is 1. The summed E-state index contributed by atoms with van der Waals surface area (Å²) in [6.07, 6.45) is 2.61. The van der Waals surface area contributed by atoms with Gasteiger partial charge in [-0.1, -0.05) is 5.57 Å². The molecule has 1 heterocycles. The zero-order valence-electron chi connectivity index (χ0n) is 7.89. The molecule has 0 bridgehead atoms. The van der Waals surface area contributed by atoms with Gasteiger partial charge in [0, 0.05) is 17.2 Å². The van der Waals surface area contributed by atoms with E-state index in [9.17, 15) is 4.79 Å². The third kappa shape index (κ3) is 3.10. The van der Waals surface area contributed by atoms with E-state index in [1.807, 2.05) is 6.92 Å². The van der Waals surface area contributed by atoms with Crippen molar-refractivity contribution in [2.75, 3.05) is 0 Å². The van der Waals surface area contributed by atoms with E-state index < -0.39 is 0 Å². The lowest BCUT2D eigenvalue weighted by molar-refractivity contribution is 0.662. The smallest absolute Gasteiger partial charge is 0.264 e. The Labute approximate surface area is 99.9 Å². The molecule has 2 nitrogen and oxygen atoms in total. The molecule has 0 aliphatic heterocycles. The molecular weight excluding hydrogens is 310 g/mol.